The van der Waals surface area contributed by atoms with Crippen LogP contribution in [0.4, 0.5) is 0 Å². The molecule has 0 aliphatic carbocycles. The third-order valence-corrected chi connectivity index (χ3v) is 4.56. The van der Waals surface area contributed by atoms with Gasteiger partial charge in [0.05, 0.1) is 0 Å². The van der Waals surface area contributed by atoms with E-state index in [1.54, 1.807) is 0 Å². The highest BCUT2D eigenvalue weighted by Gasteiger charge is 2.15. The highest BCUT2D eigenvalue weighted by Crippen LogP contribution is 2.18. The molecule has 102 valence electrons. The van der Waals surface area contributed by atoms with Gasteiger partial charge in [-0.3, -0.25) is 4.21 Å². The normalized spacial score (nSPS) is 14.4. The summed E-state index contributed by atoms with van der Waals surface area (Å²) in [5, 5.41) is 3.52. The average Bonchev–Trinajstić information content (AvgIpc) is 2.35. The molecular formula is C15H25NOS. The lowest BCUT2D eigenvalue weighted by Gasteiger charge is -2.20. The predicted octanol–water partition coefficient (Wildman–Crippen LogP) is 3.19. The number of hydrogen-bond acceptors (Lipinski definition) is 2. The minimum absolute atomic E-state index is 0.221. The Bertz CT molecular complexity index is 379. The van der Waals surface area contributed by atoms with Gasteiger partial charge in [0.25, 0.3) is 0 Å². The van der Waals surface area contributed by atoms with Crippen molar-refractivity contribution < 1.29 is 4.21 Å². The lowest BCUT2D eigenvalue weighted by atomic mass is 10.0. The number of aryl methyl sites for hydroxylation is 1. The Morgan fingerprint density at radius 1 is 1.22 bits per heavy atom. The maximum absolute atomic E-state index is 12.0. The van der Waals surface area contributed by atoms with Gasteiger partial charge in [0.1, 0.15) is 0 Å². The van der Waals surface area contributed by atoms with Crippen LogP contribution in [0.15, 0.2) is 24.3 Å². The second kappa shape index (κ2) is 8.44. The fourth-order valence-electron chi connectivity index (χ4n) is 2.05. The van der Waals surface area contributed by atoms with Gasteiger partial charge in [-0.25, -0.2) is 0 Å². The molecule has 0 aromatic heterocycles. The van der Waals surface area contributed by atoms with Crippen LogP contribution in [-0.4, -0.2) is 22.3 Å². The topological polar surface area (TPSA) is 29.1 Å². The highest BCUT2D eigenvalue weighted by atomic mass is 32.2. The monoisotopic (exact) mass is 267 g/mol. The summed E-state index contributed by atoms with van der Waals surface area (Å²) in [6.07, 6.45) is 2.09. The molecule has 0 bridgehead atoms. The maximum atomic E-state index is 12.0. The molecule has 0 radical (unpaired) electrons. The molecular weight excluding hydrogens is 242 g/mol. The van der Waals surface area contributed by atoms with Gasteiger partial charge in [0, 0.05) is 28.3 Å². The summed E-state index contributed by atoms with van der Waals surface area (Å²) in [5.74, 6) is 1.52. The van der Waals surface area contributed by atoms with E-state index in [2.05, 4.69) is 50.4 Å². The maximum Gasteiger partial charge on any atom is 0.0439 e. The number of hydrogen-bond donors (Lipinski definition) is 1. The van der Waals surface area contributed by atoms with Crippen LogP contribution in [0, 0.1) is 6.92 Å². The number of benzene rings is 1. The van der Waals surface area contributed by atoms with E-state index in [1.165, 1.54) is 11.1 Å². The Kier molecular flexibility index (Phi) is 7.21. The van der Waals surface area contributed by atoms with Crippen molar-refractivity contribution in [2.75, 3.05) is 18.1 Å². The van der Waals surface area contributed by atoms with Crippen LogP contribution in [0.5, 0.6) is 0 Å². The van der Waals surface area contributed by atoms with Crippen molar-refractivity contribution in [2.45, 2.75) is 39.7 Å². The molecule has 1 N–H and O–H groups in total. The van der Waals surface area contributed by atoms with Crippen molar-refractivity contribution in [3.05, 3.63) is 35.4 Å². The first-order valence-corrected chi connectivity index (χ1v) is 8.31. The highest BCUT2D eigenvalue weighted by molar-refractivity contribution is 7.85. The molecule has 1 aromatic carbocycles. The SMILES string of the molecule is CCCNC(CS(=O)CCC)c1ccccc1C. The van der Waals surface area contributed by atoms with E-state index in [4.69, 9.17) is 0 Å². The van der Waals surface area contributed by atoms with Crippen LogP contribution < -0.4 is 5.32 Å². The van der Waals surface area contributed by atoms with Crippen molar-refractivity contribution >= 4 is 10.8 Å². The summed E-state index contributed by atoms with van der Waals surface area (Å²) >= 11 is 0. The van der Waals surface area contributed by atoms with Crippen LogP contribution in [0.2, 0.25) is 0 Å². The third-order valence-electron chi connectivity index (χ3n) is 2.99. The smallest absolute Gasteiger partial charge is 0.0439 e. The standard InChI is InChI=1S/C15H25NOS/c1-4-10-16-15(12-18(17)11-5-2)14-9-7-6-8-13(14)3/h6-9,15-16H,4-5,10-12H2,1-3H3. The molecule has 0 saturated heterocycles. The van der Waals surface area contributed by atoms with Crippen LogP contribution in [0.25, 0.3) is 0 Å². The minimum Gasteiger partial charge on any atom is -0.309 e. The Morgan fingerprint density at radius 2 is 1.94 bits per heavy atom. The fraction of sp³-hybridized carbons (Fsp3) is 0.600. The summed E-state index contributed by atoms with van der Waals surface area (Å²) in [5.41, 5.74) is 2.56. The Labute approximate surface area is 114 Å². The zero-order valence-corrected chi connectivity index (χ0v) is 12.6. The third kappa shape index (κ3) is 4.91. The molecule has 0 spiro atoms. The van der Waals surface area contributed by atoms with E-state index in [0.29, 0.717) is 0 Å². The average molecular weight is 267 g/mol. The lowest BCUT2D eigenvalue weighted by molar-refractivity contribution is 0.567. The van der Waals surface area contributed by atoms with Crippen molar-refractivity contribution in [3.63, 3.8) is 0 Å². The van der Waals surface area contributed by atoms with Gasteiger partial charge >= 0.3 is 0 Å². The van der Waals surface area contributed by atoms with Crippen LogP contribution in [-0.2, 0) is 10.8 Å². The van der Waals surface area contributed by atoms with Gasteiger partial charge < -0.3 is 5.32 Å². The first-order chi connectivity index (χ1) is 8.69. The number of nitrogens with one attached hydrogen (secondary N) is 1. The van der Waals surface area contributed by atoms with E-state index in [9.17, 15) is 4.21 Å². The zero-order chi connectivity index (χ0) is 13.4. The molecule has 18 heavy (non-hydrogen) atoms. The first kappa shape index (κ1) is 15.4. The van der Waals surface area contributed by atoms with E-state index in [1.807, 2.05) is 0 Å². The molecule has 1 rings (SSSR count). The van der Waals surface area contributed by atoms with Gasteiger partial charge in [-0.2, -0.15) is 0 Å². The van der Waals surface area contributed by atoms with E-state index >= 15 is 0 Å². The Morgan fingerprint density at radius 3 is 2.56 bits per heavy atom. The molecule has 0 aliphatic heterocycles. The second-order valence-corrected chi connectivity index (χ2v) is 6.30. The van der Waals surface area contributed by atoms with E-state index < -0.39 is 10.8 Å². The van der Waals surface area contributed by atoms with Gasteiger partial charge in [0.2, 0.25) is 0 Å². The molecule has 0 amide bonds. The summed E-state index contributed by atoms with van der Waals surface area (Å²) in [7, 11) is -0.725. The minimum atomic E-state index is -0.725. The summed E-state index contributed by atoms with van der Waals surface area (Å²) in [6, 6.07) is 8.60. The van der Waals surface area contributed by atoms with Crippen LogP contribution in [0.3, 0.4) is 0 Å². The van der Waals surface area contributed by atoms with Gasteiger partial charge in [0.15, 0.2) is 0 Å². The van der Waals surface area contributed by atoms with Gasteiger partial charge in [-0.05, 0) is 37.4 Å². The van der Waals surface area contributed by atoms with Crippen molar-refractivity contribution in [1.29, 1.82) is 0 Å². The van der Waals surface area contributed by atoms with E-state index in [-0.39, 0.29) is 6.04 Å². The van der Waals surface area contributed by atoms with Gasteiger partial charge in [-0.1, -0.05) is 38.1 Å². The largest absolute Gasteiger partial charge is 0.309 e. The number of rotatable bonds is 8. The summed E-state index contributed by atoms with van der Waals surface area (Å²) in [4.78, 5) is 0. The zero-order valence-electron chi connectivity index (χ0n) is 11.7. The fourth-order valence-corrected chi connectivity index (χ4v) is 3.34. The molecule has 3 heteroatoms. The second-order valence-electron chi connectivity index (χ2n) is 4.67. The Hall–Kier alpha value is -0.670. The quantitative estimate of drug-likeness (QED) is 0.783. The van der Waals surface area contributed by atoms with Crippen LogP contribution in [0.1, 0.15) is 43.9 Å². The van der Waals surface area contributed by atoms with Crippen molar-refractivity contribution in [3.8, 4) is 0 Å². The molecule has 0 saturated carbocycles. The van der Waals surface area contributed by atoms with Crippen molar-refractivity contribution in [2.24, 2.45) is 0 Å². The molecule has 0 fully saturated rings. The molecule has 0 aliphatic rings. The predicted molar refractivity (Wildman–Crippen MR) is 80.4 cm³/mol. The molecule has 2 nitrogen and oxygen atoms in total. The molecule has 2 atom stereocenters. The first-order valence-electron chi connectivity index (χ1n) is 6.82. The molecule has 2 unspecified atom stereocenters. The van der Waals surface area contributed by atoms with Gasteiger partial charge in [-0.15, -0.1) is 0 Å². The van der Waals surface area contributed by atoms with Crippen LogP contribution >= 0.6 is 0 Å². The summed E-state index contributed by atoms with van der Waals surface area (Å²) < 4.78 is 12.0. The molecule has 1 aromatic rings. The lowest BCUT2D eigenvalue weighted by Crippen LogP contribution is -2.28. The molecule has 0 heterocycles. The summed E-state index contributed by atoms with van der Waals surface area (Å²) in [6.45, 7) is 7.34. The van der Waals surface area contributed by atoms with Crippen molar-refractivity contribution in [1.82, 2.24) is 5.32 Å². The Balaban J connectivity index is 2.77. The van der Waals surface area contributed by atoms with E-state index in [0.717, 1.165) is 30.9 Å².